The fourth-order valence-electron chi connectivity index (χ4n) is 1.74. The highest BCUT2D eigenvalue weighted by Gasteiger charge is 2.26. The highest BCUT2D eigenvalue weighted by atomic mass is 19.1. The molecule has 1 aliphatic rings. The van der Waals surface area contributed by atoms with Gasteiger partial charge in [0.25, 0.3) is 0 Å². The van der Waals surface area contributed by atoms with Gasteiger partial charge in [-0.2, -0.15) is 5.26 Å². The maximum atomic E-state index is 13.2. The zero-order chi connectivity index (χ0) is 10.1. The molecule has 2 nitrogen and oxygen atoms in total. The van der Waals surface area contributed by atoms with E-state index in [4.69, 9.17) is 5.26 Å². The number of hydrogen-bond acceptors (Lipinski definition) is 2. The van der Waals surface area contributed by atoms with Crippen LogP contribution in [0.5, 0.6) is 0 Å². The van der Waals surface area contributed by atoms with Gasteiger partial charge in [0.15, 0.2) is 0 Å². The van der Waals surface area contributed by atoms with Crippen molar-refractivity contribution < 1.29 is 4.39 Å². The smallest absolute Gasteiger partial charge is 0.143 e. The topological polar surface area (TPSA) is 27.0 Å². The quantitative estimate of drug-likeness (QED) is 0.679. The summed E-state index contributed by atoms with van der Waals surface area (Å²) in [6.45, 7) is 2.99. The van der Waals surface area contributed by atoms with E-state index in [2.05, 4.69) is 11.8 Å². The molecular weight excluding hydrogens is 179 g/mol. The van der Waals surface area contributed by atoms with Gasteiger partial charge in [-0.1, -0.05) is 6.07 Å². The molecule has 1 aliphatic heterocycles. The van der Waals surface area contributed by atoms with Crippen molar-refractivity contribution in [1.29, 1.82) is 5.26 Å². The second-order valence-corrected chi connectivity index (χ2v) is 3.58. The number of benzene rings is 1. The highest BCUT2D eigenvalue weighted by Crippen LogP contribution is 2.30. The molecule has 0 N–H and O–H groups in total. The molecule has 0 saturated carbocycles. The van der Waals surface area contributed by atoms with E-state index in [9.17, 15) is 4.39 Å². The van der Waals surface area contributed by atoms with Crippen molar-refractivity contribution in [2.75, 3.05) is 11.4 Å². The van der Waals surface area contributed by atoms with Gasteiger partial charge in [-0.05, 0) is 25.5 Å². The summed E-state index contributed by atoms with van der Waals surface area (Å²) in [5, 5.41) is 8.84. The number of nitrogens with zero attached hydrogens (tertiary/aromatic N) is 2. The van der Waals surface area contributed by atoms with Gasteiger partial charge in [-0.3, -0.25) is 0 Å². The van der Waals surface area contributed by atoms with Crippen LogP contribution in [0.2, 0.25) is 0 Å². The first kappa shape index (κ1) is 9.01. The minimum atomic E-state index is -0.427. The summed E-state index contributed by atoms with van der Waals surface area (Å²) in [5.74, 6) is -0.427. The third-order valence-electron chi connectivity index (χ3n) is 2.73. The maximum Gasteiger partial charge on any atom is 0.143 e. The zero-order valence-corrected chi connectivity index (χ0v) is 8.00. The van der Waals surface area contributed by atoms with E-state index in [1.54, 1.807) is 12.1 Å². The van der Waals surface area contributed by atoms with Crippen LogP contribution in [0.1, 0.15) is 18.9 Å². The van der Waals surface area contributed by atoms with Crippen molar-refractivity contribution in [2.45, 2.75) is 19.4 Å². The molecule has 2 rings (SSSR count). The summed E-state index contributed by atoms with van der Waals surface area (Å²) in [5.41, 5.74) is 0.894. The molecule has 0 radical (unpaired) electrons. The van der Waals surface area contributed by atoms with Crippen molar-refractivity contribution in [1.82, 2.24) is 0 Å². The first-order chi connectivity index (χ1) is 6.74. The molecule has 3 heteroatoms. The molecule has 1 fully saturated rings. The monoisotopic (exact) mass is 190 g/mol. The first-order valence-corrected chi connectivity index (χ1v) is 4.69. The third-order valence-corrected chi connectivity index (χ3v) is 2.73. The van der Waals surface area contributed by atoms with Crippen LogP contribution in [-0.2, 0) is 0 Å². The molecule has 14 heavy (non-hydrogen) atoms. The molecule has 0 amide bonds. The van der Waals surface area contributed by atoms with E-state index in [1.165, 1.54) is 6.07 Å². The van der Waals surface area contributed by atoms with Crippen molar-refractivity contribution >= 4 is 5.69 Å². The van der Waals surface area contributed by atoms with Gasteiger partial charge < -0.3 is 4.90 Å². The molecule has 72 valence electrons. The molecule has 1 aromatic rings. The van der Waals surface area contributed by atoms with Crippen LogP contribution in [0.15, 0.2) is 18.2 Å². The van der Waals surface area contributed by atoms with Gasteiger partial charge in [-0.25, -0.2) is 4.39 Å². The average Bonchev–Trinajstić information content (AvgIpc) is 2.16. The van der Waals surface area contributed by atoms with E-state index in [1.807, 2.05) is 6.07 Å². The summed E-state index contributed by atoms with van der Waals surface area (Å²) in [6.07, 6.45) is 1.11. The lowest BCUT2D eigenvalue weighted by Gasteiger charge is -2.41. The van der Waals surface area contributed by atoms with Gasteiger partial charge in [-0.15, -0.1) is 0 Å². The Morgan fingerprint density at radius 3 is 2.86 bits per heavy atom. The minimum Gasteiger partial charge on any atom is -0.368 e. The number of halogens is 1. The summed E-state index contributed by atoms with van der Waals surface area (Å²) >= 11 is 0. The Balaban J connectivity index is 2.43. The molecule has 0 aromatic heterocycles. The Labute approximate surface area is 82.6 Å². The second kappa shape index (κ2) is 3.30. The van der Waals surface area contributed by atoms with Crippen LogP contribution in [0.4, 0.5) is 10.1 Å². The van der Waals surface area contributed by atoms with Crippen molar-refractivity contribution in [3.05, 3.63) is 29.6 Å². The van der Waals surface area contributed by atoms with Gasteiger partial charge in [0.05, 0.1) is 5.69 Å². The summed E-state index contributed by atoms with van der Waals surface area (Å²) in [7, 11) is 0. The van der Waals surface area contributed by atoms with Crippen LogP contribution in [0.25, 0.3) is 0 Å². The number of nitriles is 1. The lowest BCUT2D eigenvalue weighted by Crippen LogP contribution is -2.46. The molecule has 0 aliphatic carbocycles. The van der Waals surface area contributed by atoms with Crippen LogP contribution < -0.4 is 4.90 Å². The van der Waals surface area contributed by atoms with Crippen LogP contribution >= 0.6 is 0 Å². The van der Waals surface area contributed by atoms with E-state index < -0.39 is 5.82 Å². The molecule has 1 aromatic carbocycles. The van der Waals surface area contributed by atoms with Crippen LogP contribution in [-0.4, -0.2) is 12.6 Å². The SMILES string of the molecule is CC1CCN1c1cccc(F)c1C#N. The largest absolute Gasteiger partial charge is 0.368 e. The Hall–Kier alpha value is -1.56. The molecule has 1 heterocycles. The number of anilines is 1. The number of rotatable bonds is 1. The second-order valence-electron chi connectivity index (χ2n) is 3.58. The molecule has 0 spiro atoms. The van der Waals surface area contributed by atoms with Crippen LogP contribution in [0.3, 0.4) is 0 Å². The molecular formula is C11H11FN2. The third kappa shape index (κ3) is 1.24. The molecule has 1 saturated heterocycles. The maximum absolute atomic E-state index is 13.2. The van der Waals surface area contributed by atoms with Gasteiger partial charge >= 0.3 is 0 Å². The lowest BCUT2D eigenvalue weighted by molar-refractivity contribution is 0.479. The molecule has 0 bridgehead atoms. The van der Waals surface area contributed by atoms with Gasteiger partial charge in [0.2, 0.25) is 0 Å². The van der Waals surface area contributed by atoms with Gasteiger partial charge in [0.1, 0.15) is 17.4 Å². The van der Waals surface area contributed by atoms with E-state index in [-0.39, 0.29) is 5.56 Å². The Morgan fingerprint density at radius 2 is 2.36 bits per heavy atom. The highest BCUT2D eigenvalue weighted by molar-refractivity contribution is 5.61. The normalized spacial score (nSPS) is 20.1. The first-order valence-electron chi connectivity index (χ1n) is 4.69. The summed E-state index contributed by atoms with van der Waals surface area (Å²) in [4.78, 5) is 2.06. The fourth-order valence-corrected chi connectivity index (χ4v) is 1.74. The zero-order valence-electron chi connectivity index (χ0n) is 8.00. The molecule has 1 atom stereocenters. The predicted octanol–water partition coefficient (Wildman–Crippen LogP) is 2.30. The standard InChI is InChI=1S/C11H11FN2/c1-8-5-6-14(8)11-4-2-3-10(12)9(11)7-13/h2-4,8H,5-6H2,1H3. The lowest BCUT2D eigenvalue weighted by atomic mass is 10.0. The summed E-state index contributed by atoms with van der Waals surface area (Å²) in [6, 6.07) is 7.12. The number of hydrogen-bond donors (Lipinski definition) is 0. The summed E-state index contributed by atoms with van der Waals surface area (Å²) < 4.78 is 13.2. The predicted molar refractivity (Wildman–Crippen MR) is 52.5 cm³/mol. The fraction of sp³-hybridized carbons (Fsp3) is 0.364. The van der Waals surface area contributed by atoms with Crippen molar-refractivity contribution in [2.24, 2.45) is 0 Å². The Bertz CT molecular complexity index is 395. The Morgan fingerprint density at radius 1 is 1.57 bits per heavy atom. The Kier molecular flexibility index (Phi) is 2.12. The minimum absolute atomic E-state index is 0.166. The van der Waals surface area contributed by atoms with E-state index in [0.29, 0.717) is 6.04 Å². The van der Waals surface area contributed by atoms with Gasteiger partial charge in [0, 0.05) is 12.6 Å². The van der Waals surface area contributed by atoms with Crippen molar-refractivity contribution in [3.8, 4) is 6.07 Å². The van der Waals surface area contributed by atoms with Crippen LogP contribution in [0, 0.1) is 17.1 Å². The molecule has 1 unspecified atom stereocenters. The average molecular weight is 190 g/mol. The van der Waals surface area contributed by atoms with E-state index >= 15 is 0 Å². The van der Waals surface area contributed by atoms with Crippen molar-refractivity contribution in [3.63, 3.8) is 0 Å². The van der Waals surface area contributed by atoms with E-state index in [0.717, 1.165) is 18.7 Å².